The molecule has 0 radical (unpaired) electrons. The van der Waals surface area contributed by atoms with Crippen LogP contribution in [-0.2, 0) is 4.74 Å². The topological polar surface area (TPSA) is 9.23 Å². The normalized spacial score (nSPS) is 21.8. The number of ether oxygens (including phenoxy) is 1. The first kappa shape index (κ1) is 10.1. The van der Waals surface area contributed by atoms with Gasteiger partial charge in [-0.2, -0.15) is 12.6 Å². The summed E-state index contributed by atoms with van der Waals surface area (Å²) >= 11 is 4.48. The average molecular weight is 186 g/mol. The molecule has 0 aromatic heterocycles. The van der Waals surface area contributed by atoms with E-state index in [9.17, 15) is 0 Å². The minimum Gasteiger partial charge on any atom is -0.377 e. The molecule has 0 aromatic rings. The van der Waals surface area contributed by atoms with Crippen LogP contribution < -0.4 is 0 Å². The van der Waals surface area contributed by atoms with Gasteiger partial charge in [0.1, 0.15) is 0 Å². The number of thiol groups is 1. The third-order valence-electron chi connectivity index (χ3n) is 2.39. The zero-order chi connectivity index (χ0) is 9.14. The summed E-state index contributed by atoms with van der Waals surface area (Å²) < 4.78 is 5.43. The van der Waals surface area contributed by atoms with Gasteiger partial charge in [0, 0.05) is 5.25 Å². The minimum absolute atomic E-state index is 0.395. The van der Waals surface area contributed by atoms with Gasteiger partial charge in [-0.05, 0) is 24.8 Å². The van der Waals surface area contributed by atoms with Crippen LogP contribution in [0, 0.1) is 5.92 Å². The van der Waals surface area contributed by atoms with E-state index >= 15 is 0 Å². The predicted molar refractivity (Wildman–Crippen MR) is 55.7 cm³/mol. The van der Waals surface area contributed by atoms with E-state index in [-0.39, 0.29) is 0 Å². The van der Waals surface area contributed by atoms with Crippen molar-refractivity contribution in [1.82, 2.24) is 0 Å². The summed E-state index contributed by atoms with van der Waals surface area (Å²) in [5.41, 5.74) is 2.96. The van der Waals surface area contributed by atoms with Crippen molar-refractivity contribution in [1.29, 1.82) is 0 Å². The van der Waals surface area contributed by atoms with E-state index in [2.05, 4.69) is 33.4 Å². The highest BCUT2D eigenvalue weighted by Gasteiger charge is 2.17. The summed E-state index contributed by atoms with van der Waals surface area (Å²) in [6, 6.07) is 0. The van der Waals surface area contributed by atoms with Gasteiger partial charge in [-0.25, -0.2) is 0 Å². The van der Waals surface area contributed by atoms with Gasteiger partial charge < -0.3 is 4.74 Å². The molecule has 0 aliphatic carbocycles. The molecule has 1 aliphatic heterocycles. The molecule has 0 bridgehead atoms. The number of hydrogen-bond acceptors (Lipinski definition) is 2. The Morgan fingerprint density at radius 1 is 1.25 bits per heavy atom. The Labute approximate surface area is 80.6 Å². The minimum atomic E-state index is 0.395. The second-order valence-corrected chi connectivity index (χ2v) is 4.46. The predicted octanol–water partition coefficient (Wildman–Crippen LogP) is 2.68. The SMILES string of the molecule is CC(C)C1=C(C(C)S)CCOC1. The van der Waals surface area contributed by atoms with Crippen LogP contribution in [0.2, 0.25) is 0 Å². The van der Waals surface area contributed by atoms with E-state index in [0.29, 0.717) is 11.2 Å². The van der Waals surface area contributed by atoms with Gasteiger partial charge in [-0.1, -0.05) is 19.4 Å². The highest BCUT2D eigenvalue weighted by atomic mass is 32.1. The molecule has 12 heavy (non-hydrogen) atoms. The Hall–Kier alpha value is 0.0500. The van der Waals surface area contributed by atoms with Crippen LogP contribution in [0.1, 0.15) is 27.2 Å². The first-order valence-electron chi connectivity index (χ1n) is 4.60. The van der Waals surface area contributed by atoms with Gasteiger partial charge in [0.25, 0.3) is 0 Å². The van der Waals surface area contributed by atoms with Crippen LogP contribution >= 0.6 is 12.6 Å². The van der Waals surface area contributed by atoms with Crippen molar-refractivity contribution in [2.75, 3.05) is 13.2 Å². The smallest absolute Gasteiger partial charge is 0.0682 e. The zero-order valence-electron chi connectivity index (χ0n) is 8.13. The van der Waals surface area contributed by atoms with E-state index < -0.39 is 0 Å². The highest BCUT2D eigenvalue weighted by Crippen LogP contribution is 2.26. The molecular formula is C10H18OS. The third-order valence-corrected chi connectivity index (χ3v) is 2.70. The summed E-state index contributed by atoms with van der Waals surface area (Å²) in [4.78, 5) is 0. The molecular weight excluding hydrogens is 168 g/mol. The monoisotopic (exact) mass is 186 g/mol. The summed E-state index contributed by atoms with van der Waals surface area (Å²) in [7, 11) is 0. The van der Waals surface area contributed by atoms with E-state index in [4.69, 9.17) is 4.74 Å². The van der Waals surface area contributed by atoms with Gasteiger partial charge in [0.05, 0.1) is 13.2 Å². The maximum absolute atomic E-state index is 5.43. The van der Waals surface area contributed by atoms with Crippen LogP contribution in [0.3, 0.4) is 0 Å². The molecule has 1 heterocycles. The fourth-order valence-corrected chi connectivity index (χ4v) is 1.93. The lowest BCUT2D eigenvalue weighted by atomic mass is 9.93. The Bertz CT molecular complexity index is 162. The molecule has 70 valence electrons. The standard InChI is InChI=1S/C10H18OS/c1-7(2)10-6-11-5-4-9(10)8(3)12/h7-8,12H,4-6H2,1-3H3. The van der Waals surface area contributed by atoms with E-state index in [1.54, 1.807) is 0 Å². The largest absolute Gasteiger partial charge is 0.377 e. The molecule has 0 N–H and O–H groups in total. The lowest BCUT2D eigenvalue weighted by molar-refractivity contribution is 0.139. The average Bonchev–Trinajstić information content (AvgIpc) is 2.04. The molecule has 0 spiro atoms. The second-order valence-electron chi connectivity index (χ2n) is 3.68. The molecule has 0 fully saturated rings. The van der Waals surface area contributed by atoms with Crippen molar-refractivity contribution in [3.05, 3.63) is 11.1 Å². The lowest BCUT2D eigenvalue weighted by Gasteiger charge is -2.25. The Kier molecular flexibility index (Phi) is 3.66. The molecule has 0 aromatic carbocycles. The van der Waals surface area contributed by atoms with Crippen molar-refractivity contribution in [2.45, 2.75) is 32.4 Å². The van der Waals surface area contributed by atoms with Crippen LogP contribution in [0.4, 0.5) is 0 Å². The molecule has 0 saturated heterocycles. The zero-order valence-corrected chi connectivity index (χ0v) is 9.03. The first-order valence-corrected chi connectivity index (χ1v) is 5.12. The molecule has 1 atom stereocenters. The Morgan fingerprint density at radius 3 is 2.33 bits per heavy atom. The molecule has 0 amide bonds. The van der Waals surface area contributed by atoms with Crippen molar-refractivity contribution < 1.29 is 4.74 Å². The Morgan fingerprint density at radius 2 is 1.92 bits per heavy atom. The Balaban J connectivity index is 2.83. The van der Waals surface area contributed by atoms with Crippen molar-refractivity contribution in [3.8, 4) is 0 Å². The van der Waals surface area contributed by atoms with Crippen LogP contribution in [-0.4, -0.2) is 18.5 Å². The highest BCUT2D eigenvalue weighted by molar-refractivity contribution is 7.81. The van der Waals surface area contributed by atoms with Crippen LogP contribution in [0.15, 0.2) is 11.1 Å². The van der Waals surface area contributed by atoms with Gasteiger partial charge >= 0.3 is 0 Å². The summed E-state index contributed by atoms with van der Waals surface area (Å²) in [5.74, 6) is 0.606. The van der Waals surface area contributed by atoms with Gasteiger partial charge in [-0.15, -0.1) is 0 Å². The fraction of sp³-hybridized carbons (Fsp3) is 0.800. The quantitative estimate of drug-likeness (QED) is 0.515. The molecule has 1 unspecified atom stereocenters. The van der Waals surface area contributed by atoms with Gasteiger partial charge in [0.2, 0.25) is 0 Å². The molecule has 1 rings (SSSR count). The third kappa shape index (κ3) is 2.27. The van der Waals surface area contributed by atoms with Crippen molar-refractivity contribution in [3.63, 3.8) is 0 Å². The molecule has 0 saturated carbocycles. The van der Waals surface area contributed by atoms with Crippen molar-refractivity contribution >= 4 is 12.6 Å². The van der Waals surface area contributed by atoms with Crippen LogP contribution in [0.5, 0.6) is 0 Å². The van der Waals surface area contributed by atoms with Gasteiger partial charge in [0.15, 0.2) is 0 Å². The maximum Gasteiger partial charge on any atom is 0.0682 e. The second kappa shape index (κ2) is 4.33. The van der Waals surface area contributed by atoms with E-state index in [1.807, 2.05) is 0 Å². The lowest BCUT2D eigenvalue weighted by Crippen LogP contribution is -2.18. The summed E-state index contributed by atoms with van der Waals surface area (Å²) in [5, 5.41) is 0.395. The number of rotatable bonds is 2. The first-order chi connectivity index (χ1) is 5.63. The molecule has 1 nitrogen and oxygen atoms in total. The summed E-state index contributed by atoms with van der Waals surface area (Å²) in [6.45, 7) is 8.28. The summed E-state index contributed by atoms with van der Waals surface area (Å²) in [6.07, 6.45) is 1.07. The molecule has 1 aliphatic rings. The molecule has 2 heteroatoms. The van der Waals surface area contributed by atoms with Crippen molar-refractivity contribution in [2.24, 2.45) is 5.92 Å². The number of hydrogen-bond donors (Lipinski definition) is 1. The fourth-order valence-electron chi connectivity index (χ4n) is 1.63. The van der Waals surface area contributed by atoms with Gasteiger partial charge in [-0.3, -0.25) is 0 Å². The maximum atomic E-state index is 5.43. The van der Waals surface area contributed by atoms with E-state index in [1.165, 1.54) is 11.1 Å². The van der Waals surface area contributed by atoms with E-state index in [0.717, 1.165) is 19.6 Å². The van der Waals surface area contributed by atoms with Crippen LogP contribution in [0.25, 0.3) is 0 Å².